The number of halogens is 1. The summed E-state index contributed by atoms with van der Waals surface area (Å²) in [6, 6.07) is 13.6. The number of likely N-dealkylation sites (tertiary alicyclic amines) is 1. The van der Waals surface area contributed by atoms with Crippen molar-refractivity contribution in [2.45, 2.75) is 31.7 Å². The Kier molecular flexibility index (Phi) is 5.67. The molecule has 2 aromatic carbocycles. The van der Waals surface area contributed by atoms with Crippen LogP contribution in [0.25, 0.3) is 0 Å². The van der Waals surface area contributed by atoms with Crippen LogP contribution >= 0.6 is 0 Å². The molecule has 150 valence electrons. The van der Waals surface area contributed by atoms with Crippen LogP contribution in [0.2, 0.25) is 0 Å². The number of aromatic nitrogens is 2. The molecular weight excluding hydrogens is 373 g/mol. The van der Waals surface area contributed by atoms with E-state index in [1.54, 1.807) is 18.2 Å². The number of piperidine rings is 1. The maximum Gasteiger partial charge on any atom is 0.335 e. The van der Waals surface area contributed by atoms with E-state index in [9.17, 15) is 9.18 Å². The van der Waals surface area contributed by atoms with Gasteiger partial charge in [0.1, 0.15) is 5.82 Å². The Morgan fingerprint density at radius 3 is 2.62 bits per heavy atom. The Morgan fingerprint density at radius 1 is 1.17 bits per heavy atom. The van der Waals surface area contributed by atoms with Crippen molar-refractivity contribution < 1.29 is 18.8 Å². The molecule has 0 amide bonds. The zero-order valence-corrected chi connectivity index (χ0v) is 15.9. The number of benzene rings is 2. The van der Waals surface area contributed by atoms with Crippen LogP contribution in [0.4, 0.5) is 4.39 Å². The predicted octanol–water partition coefficient (Wildman–Crippen LogP) is 3.88. The molecule has 7 heteroatoms. The Bertz CT molecular complexity index is 979. The minimum Gasteiger partial charge on any atom is -0.478 e. The molecule has 2 heterocycles. The van der Waals surface area contributed by atoms with Crippen molar-refractivity contribution in [3.05, 3.63) is 82.8 Å². The highest BCUT2D eigenvalue weighted by Gasteiger charge is 2.22. The molecule has 3 aromatic rings. The van der Waals surface area contributed by atoms with Crippen molar-refractivity contribution in [1.82, 2.24) is 15.0 Å². The maximum atomic E-state index is 13.3. The van der Waals surface area contributed by atoms with Crippen LogP contribution in [0, 0.1) is 5.82 Å². The standard InChI is InChI=1S/C22H22FN3O3/c23-19-3-1-2-15(12-19)13-20-24-21(29-25-20)14-26-10-8-17(9-11-26)16-4-6-18(7-5-16)22(27)28/h1-7,12,17H,8-11,13-14H2,(H,27,28). The lowest BCUT2D eigenvalue weighted by atomic mass is 9.89. The fourth-order valence-electron chi connectivity index (χ4n) is 3.77. The molecule has 1 saturated heterocycles. The summed E-state index contributed by atoms with van der Waals surface area (Å²) < 4.78 is 18.7. The van der Waals surface area contributed by atoms with E-state index >= 15 is 0 Å². The van der Waals surface area contributed by atoms with Crippen molar-refractivity contribution in [1.29, 1.82) is 0 Å². The Hall–Kier alpha value is -3.06. The van der Waals surface area contributed by atoms with E-state index in [0.29, 0.717) is 36.2 Å². The molecule has 1 aliphatic heterocycles. The largest absolute Gasteiger partial charge is 0.478 e. The second-order valence-corrected chi connectivity index (χ2v) is 7.39. The topological polar surface area (TPSA) is 79.5 Å². The lowest BCUT2D eigenvalue weighted by molar-refractivity contribution is 0.0697. The normalized spacial score (nSPS) is 15.5. The molecule has 6 nitrogen and oxygen atoms in total. The number of rotatable bonds is 6. The number of carboxylic acids is 1. The van der Waals surface area contributed by atoms with Gasteiger partial charge < -0.3 is 9.63 Å². The molecular formula is C22H22FN3O3. The van der Waals surface area contributed by atoms with Crippen LogP contribution in [-0.4, -0.2) is 39.2 Å². The van der Waals surface area contributed by atoms with Gasteiger partial charge in [-0.1, -0.05) is 29.4 Å². The predicted molar refractivity (Wildman–Crippen MR) is 104 cm³/mol. The lowest BCUT2D eigenvalue weighted by Gasteiger charge is -2.31. The molecule has 0 aliphatic carbocycles. The second kappa shape index (κ2) is 8.53. The van der Waals surface area contributed by atoms with Crippen molar-refractivity contribution in [2.75, 3.05) is 13.1 Å². The molecule has 0 unspecified atom stereocenters. The third kappa shape index (κ3) is 4.86. The van der Waals surface area contributed by atoms with E-state index in [0.717, 1.165) is 31.5 Å². The highest BCUT2D eigenvalue weighted by atomic mass is 19.1. The number of hydrogen-bond acceptors (Lipinski definition) is 5. The van der Waals surface area contributed by atoms with Crippen LogP contribution in [-0.2, 0) is 13.0 Å². The quantitative estimate of drug-likeness (QED) is 0.682. The number of carboxylic acid groups (broad SMARTS) is 1. The van der Waals surface area contributed by atoms with Gasteiger partial charge >= 0.3 is 5.97 Å². The highest BCUT2D eigenvalue weighted by Crippen LogP contribution is 2.28. The van der Waals surface area contributed by atoms with E-state index in [-0.39, 0.29) is 5.82 Å². The molecule has 1 aliphatic rings. The molecule has 0 bridgehead atoms. The first-order chi connectivity index (χ1) is 14.1. The zero-order chi connectivity index (χ0) is 20.2. The number of carbonyl (C=O) groups is 1. The fourth-order valence-corrected chi connectivity index (χ4v) is 3.77. The SMILES string of the molecule is O=C(O)c1ccc(C2CCN(Cc3nc(Cc4cccc(F)c4)no3)CC2)cc1. The van der Waals surface area contributed by atoms with Crippen molar-refractivity contribution in [2.24, 2.45) is 0 Å². The average molecular weight is 395 g/mol. The van der Waals surface area contributed by atoms with Crippen molar-refractivity contribution in [3.8, 4) is 0 Å². The molecule has 0 atom stereocenters. The van der Waals surface area contributed by atoms with E-state index in [1.807, 2.05) is 18.2 Å². The summed E-state index contributed by atoms with van der Waals surface area (Å²) in [5.41, 5.74) is 2.31. The molecule has 4 rings (SSSR count). The van der Waals surface area contributed by atoms with Gasteiger partial charge in [-0.3, -0.25) is 4.90 Å². The van der Waals surface area contributed by atoms with Gasteiger partial charge in [0.2, 0.25) is 5.89 Å². The summed E-state index contributed by atoms with van der Waals surface area (Å²) in [7, 11) is 0. The minimum absolute atomic E-state index is 0.272. The molecule has 1 fully saturated rings. The highest BCUT2D eigenvalue weighted by molar-refractivity contribution is 5.87. The van der Waals surface area contributed by atoms with E-state index in [4.69, 9.17) is 9.63 Å². The molecule has 1 N–H and O–H groups in total. The van der Waals surface area contributed by atoms with Gasteiger partial charge in [0.05, 0.1) is 12.1 Å². The summed E-state index contributed by atoms with van der Waals surface area (Å²) in [6.07, 6.45) is 2.43. The van der Waals surface area contributed by atoms with E-state index in [2.05, 4.69) is 15.0 Å². The van der Waals surface area contributed by atoms with Gasteiger partial charge in [-0.15, -0.1) is 0 Å². The average Bonchev–Trinajstić information content (AvgIpc) is 3.15. The van der Waals surface area contributed by atoms with Crippen LogP contribution < -0.4 is 0 Å². The first-order valence-corrected chi connectivity index (χ1v) is 9.68. The number of nitrogens with zero attached hydrogens (tertiary/aromatic N) is 3. The summed E-state index contributed by atoms with van der Waals surface area (Å²) in [6.45, 7) is 2.42. The van der Waals surface area contributed by atoms with E-state index in [1.165, 1.54) is 17.7 Å². The van der Waals surface area contributed by atoms with Gasteiger partial charge in [0.15, 0.2) is 5.82 Å². The Balaban J connectivity index is 1.29. The second-order valence-electron chi connectivity index (χ2n) is 7.39. The third-order valence-corrected chi connectivity index (χ3v) is 5.34. The molecule has 0 saturated carbocycles. The van der Waals surface area contributed by atoms with Crippen molar-refractivity contribution >= 4 is 5.97 Å². The summed E-state index contributed by atoms with van der Waals surface area (Å²) >= 11 is 0. The number of hydrogen-bond donors (Lipinski definition) is 1. The van der Waals surface area contributed by atoms with E-state index < -0.39 is 5.97 Å². The zero-order valence-electron chi connectivity index (χ0n) is 15.9. The first-order valence-electron chi connectivity index (χ1n) is 9.68. The van der Waals surface area contributed by atoms with Crippen LogP contribution in [0.1, 0.15) is 52.0 Å². The summed E-state index contributed by atoms with van der Waals surface area (Å²) in [5, 5.41) is 13.0. The summed E-state index contributed by atoms with van der Waals surface area (Å²) in [4.78, 5) is 17.7. The van der Waals surface area contributed by atoms with Crippen molar-refractivity contribution in [3.63, 3.8) is 0 Å². The maximum absolute atomic E-state index is 13.3. The van der Waals surface area contributed by atoms with Crippen LogP contribution in [0.5, 0.6) is 0 Å². The third-order valence-electron chi connectivity index (χ3n) is 5.34. The minimum atomic E-state index is -0.900. The van der Waals surface area contributed by atoms with Gasteiger partial charge in [-0.05, 0) is 67.2 Å². The first kappa shape index (κ1) is 19.3. The van der Waals surface area contributed by atoms with Crippen LogP contribution in [0.15, 0.2) is 53.1 Å². The smallest absolute Gasteiger partial charge is 0.335 e. The fraction of sp³-hybridized carbons (Fsp3) is 0.318. The van der Waals surface area contributed by atoms with Gasteiger partial charge in [0, 0.05) is 6.42 Å². The lowest BCUT2D eigenvalue weighted by Crippen LogP contribution is -2.32. The Morgan fingerprint density at radius 2 is 1.93 bits per heavy atom. The van der Waals surface area contributed by atoms with Gasteiger partial charge in [-0.2, -0.15) is 4.98 Å². The molecule has 1 aromatic heterocycles. The van der Waals surface area contributed by atoms with Gasteiger partial charge in [0.25, 0.3) is 0 Å². The molecule has 0 spiro atoms. The van der Waals surface area contributed by atoms with Crippen LogP contribution in [0.3, 0.4) is 0 Å². The molecule has 0 radical (unpaired) electrons. The number of aromatic carboxylic acids is 1. The Labute approximate surface area is 168 Å². The van der Waals surface area contributed by atoms with Gasteiger partial charge in [-0.25, -0.2) is 9.18 Å². The summed E-state index contributed by atoms with van der Waals surface area (Å²) in [5.74, 6) is 0.384. The molecule has 29 heavy (non-hydrogen) atoms. The monoisotopic (exact) mass is 395 g/mol.